The van der Waals surface area contributed by atoms with Crippen molar-refractivity contribution in [3.05, 3.63) is 120 Å². The largest absolute Gasteiger partial charge is 0.445 e. The Morgan fingerprint density at radius 3 is 1.98 bits per heavy atom. The van der Waals surface area contributed by atoms with Crippen LogP contribution in [0.3, 0.4) is 0 Å². The summed E-state index contributed by atoms with van der Waals surface area (Å²) >= 11 is 1.75. The molecule has 0 radical (unpaired) electrons. The number of rotatable bonds is 8. The van der Waals surface area contributed by atoms with Crippen LogP contribution in [0.4, 0.5) is 4.79 Å². The molecule has 218 valence electrons. The van der Waals surface area contributed by atoms with Gasteiger partial charge in [0, 0.05) is 38.0 Å². The number of carbonyl (C=O) groups is 2. The van der Waals surface area contributed by atoms with Crippen molar-refractivity contribution in [2.45, 2.75) is 22.5 Å². The quantitative estimate of drug-likeness (QED) is 0.177. The fraction of sp³-hybridized carbons (Fsp3) is 0.303. The third-order valence-electron chi connectivity index (χ3n) is 7.66. The molecule has 2 aliphatic rings. The second-order valence-corrected chi connectivity index (χ2v) is 11.8. The number of thioether (sulfide) groups is 1. The zero-order valence-electron chi connectivity index (χ0n) is 23.6. The molecule has 2 aliphatic heterocycles. The predicted molar refractivity (Wildman–Crippen MR) is 168 cm³/mol. The van der Waals surface area contributed by atoms with E-state index in [1.165, 1.54) is 11.0 Å². The standard InChI is InChI=1S/C33H37N5O3S/c1-2-22-41-32(40)38-24-28(23-29(38)30(39)36-31(34)37-20-18-35-19-21-37)42-33(25-12-6-3-7-13-25,26-14-8-4-9-15-26)27-16-10-5-11-17-27/h2-17,28-29,35H,1,18-24H2,(H2,34,36,39)/t28-,29-/m0/s1. The number of guanidine groups is 1. The number of nitrogens with two attached hydrogens (primary N) is 1. The van der Waals surface area contributed by atoms with Crippen LogP contribution in [0.25, 0.3) is 0 Å². The normalized spacial score (nSPS) is 19.4. The molecule has 0 aromatic heterocycles. The van der Waals surface area contributed by atoms with Crippen molar-refractivity contribution in [1.82, 2.24) is 15.1 Å². The van der Waals surface area contributed by atoms with Crippen molar-refractivity contribution in [2.75, 3.05) is 39.3 Å². The van der Waals surface area contributed by atoms with Gasteiger partial charge in [0.2, 0.25) is 0 Å². The van der Waals surface area contributed by atoms with Crippen LogP contribution in [0.2, 0.25) is 0 Å². The molecular formula is C33H37N5O3S. The summed E-state index contributed by atoms with van der Waals surface area (Å²) in [5.74, 6) is -0.251. The molecule has 3 N–H and O–H groups in total. The minimum absolute atomic E-state index is 0.0578. The lowest BCUT2D eigenvalue weighted by Crippen LogP contribution is -2.50. The van der Waals surface area contributed by atoms with Gasteiger partial charge in [-0.25, -0.2) is 4.79 Å². The van der Waals surface area contributed by atoms with Crippen molar-refractivity contribution in [1.29, 1.82) is 0 Å². The molecule has 5 rings (SSSR count). The van der Waals surface area contributed by atoms with E-state index in [2.05, 4.69) is 53.3 Å². The second kappa shape index (κ2) is 13.7. The van der Waals surface area contributed by atoms with Crippen molar-refractivity contribution in [2.24, 2.45) is 10.7 Å². The third kappa shape index (κ3) is 6.37. The fourth-order valence-electron chi connectivity index (χ4n) is 5.66. The molecule has 2 atom stereocenters. The fourth-order valence-corrected chi connectivity index (χ4v) is 7.49. The van der Waals surface area contributed by atoms with E-state index in [0.717, 1.165) is 29.8 Å². The topological polar surface area (TPSA) is 100 Å². The number of amides is 2. The van der Waals surface area contributed by atoms with Gasteiger partial charge >= 0.3 is 6.09 Å². The van der Waals surface area contributed by atoms with Crippen molar-refractivity contribution >= 4 is 29.7 Å². The van der Waals surface area contributed by atoms with Gasteiger partial charge in [0.15, 0.2) is 5.96 Å². The second-order valence-electron chi connectivity index (χ2n) is 10.3. The summed E-state index contributed by atoms with van der Waals surface area (Å²) in [4.78, 5) is 34.5. The van der Waals surface area contributed by atoms with E-state index in [0.29, 0.717) is 26.1 Å². The molecule has 8 nitrogen and oxygen atoms in total. The lowest BCUT2D eigenvalue weighted by atomic mass is 9.84. The number of nitrogens with one attached hydrogen (secondary N) is 1. The first-order chi connectivity index (χ1) is 20.5. The molecule has 0 bridgehead atoms. The molecule has 9 heteroatoms. The highest BCUT2D eigenvalue weighted by atomic mass is 32.2. The van der Waals surface area contributed by atoms with Gasteiger partial charge in [-0.1, -0.05) is 104 Å². The Morgan fingerprint density at radius 1 is 0.952 bits per heavy atom. The van der Waals surface area contributed by atoms with Crippen LogP contribution in [0.1, 0.15) is 23.1 Å². The molecule has 3 aromatic rings. The summed E-state index contributed by atoms with van der Waals surface area (Å²) in [5, 5.41) is 3.16. The van der Waals surface area contributed by atoms with Crippen LogP contribution in [-0.4, -0.2) is 78.4 Å². The lowest BCUT2D eigenvalue weighted by Gasteiger charge is -2.37. The number of hydrogen-bond acceptors (Lipinski definition) is 5. The third-order valence-corrected chi connectivity index (χ3v) is 9.39. The average Bonchev–Trinajstić information content (AvgIpc) is 3.48. The molecular weight excluding hydrogens is 546 g/mol. The van der Waals surface area contributed by atoms with Crippen LogP contribution < -0.4 is 11.1 Å². The van der Waals surface area contributed by atoms with Crippen LogP contribution >= 0.6 is 11.8 Å². The van der Waals surface area contributed by atoms with Gasteiger partial charge in [-0.05, 0) is 23.1 Å². The molecule has 3 aromatic carbocycles. The highest BCUT2D eigenvalue weighted by molar-refractivity contribution is 8.01. The molecule has 0 unspecified atom stereocenters. The summed E-state index contributed by atoms with van der Waals surface area (Å²) in [5.41, 5.74) is 9.60. The first-order valence-corrected chi connectivity index (χ1v) is 15.1. The monoisotopic (exact) mass is 583 g/mol. The molecule has 0 spiro atoms. The van der Waals surface area contributed by atoms with Gasteiger partial charge < -0.3 is 20.7 Å². The van der Waals surface area contributed by atoms with Crippen LogP contribution in [0.15, 0.2) is 109 Å². The zero-order chi connectivity index (χ0) is 29.4. The van der Waals surface area contributed by atoms with Gasteiger partial charge in [-0.3, -0.25) is 9.69 Å². The van der Waals surface area contributed by atoms with Crippen LogP contribution in [-0.2, 0) is 14.3 Å². The minimum Gasteiger partial charge on any atom is -0.445 e. The average molecular weight is 584 g/mol. The van der Waals surface area contributed by atoms with Crippen molar-refractivity contribution < 1.29 is 14.3 Å². The van der Waals surface area contributed by atoms with Crippen molar-refractivity contribution in [3.63, 3.8) is 0 Å². The van der Waals surface area contributed by atoms with Gasteiger partial charge in [-0.15, -0.1) is 11.8 Å². The highest BCUT2D eigenvalue weighted by Gasteiger charge is 2.46. The number of piperazine rings is 1. The molecule has 2 fully saturated rings. The van der Waals surface area contributed by atoms with E-state index in [1.54, 1.807) is 11.8 Å². The molecule has 42 heavy (non-hydrogen) atoms. The Kier molecular flexibility index (Phi) is 9.61. The summed E-state index contributed by atoms with van der Waals surface area (Å²) in [6.07, 6.45) is 1.37. The Bertz CT molecular complexity index is 1280. The Morgan fingerprint density at radius 2 is 1.48 bits per heavy atom. The number of benzene rings is 3. The molecule has 0 saturated carbocycles. The first-order valence-electron chi connectivity index (χ1n) is 14.2. The van der Waals surface area contributed by atoms with E-state index in [9.17, 15) is 9.59 Å². The number of nitrogens with zero attached hydrogens (tertiary/aromatic N) is 3. The van der Waals surface area contributed by atoms with E-state index in [4.69, 9.17) is 10.5 Å². The smallest absolute Gasteiger partial charge is 0.410 e. The summed E-state index contributed by atoms with van der Waals surface area (Å²) < 4.78 is 4.83. The first kappa shape index (κ1) is 29.4. The highest BCUT2D eigenvalue weighted by Crippen LogP contribution is 2.52. The van der Waals surface area contributed by atoms with Crippen LogP contribution in [0, 0.1) is 0 Å². The number of ether oxygens (including phenoxy) is 1. The maximum atomic E-state index is 13.6. The van der Waals surface area contributed by atoms with Crippen molar-refractivity contribution in [3.8, 4) is 0 Å². The lowest BCUT2D eigenvalue weighted by molar-refractivity contribution is -0.121. The zero-order valence-corrected chi connectivity index (χ0v) is 24.4. The van der Waals surface area contributed by atoms with Crippen LogP contribution in [0.5, 0.6) is 0 Å². The number of likely N-dealkylation sites (tertiary alicyclic amines) is 1. The number of hydrogen-bond donors (Lipinski definition) is 2. The Hall–Kier alpha value is -4.08. The van der Waals surface area contributed by atoms with Gasteiger partial charge in [0.25, 0.3) is 5.91 Å². The SMILES string of the molecule is C=CCOC(=O)N1C[C@@H](SC(c2ccccc2)(c2ccccc2)c2ccccc2)C[C@H]1C(=O)N=C(N)N1CCNCC1. The maximum Gasteiger partial charge on any atom is 0.410 e. The van der Waals surface area contributed by atoms with E-state index in [-0.39, 0.29) is 17.8 Å². The minimum atomic E-state index is -0.790. The summed E-state index contributed by atoms with van der Waals surface area (Å²) in [7, 11) is 0. The van der Waals surface area contributed by atoms with E-state index < -0.39 is 22.8 Å². The van der Waals surface area contributed by atoms with Gasteiger partial charge in [0.05, 0.1) is 4.75 Å². The molecule has 2 heterocycles. The number of aliphatic imine (C=N–C) groups is 1. The maximum absolute atomic E-state index is 13.6. The molecule has 2 amide bonds. The van der Waals surface area contributed by atoms with E-state index in [1.807, 2.05) is 59.5 Å². The number of carbonyl (C=O) groups excluding carboxylic acids is 2. The summed E-state index contributed by atoms with van der Waals surface area (Å²) in [6.45, 7) is 6.92. The van der Waals surface area contributed by atoms with Gasteiger partial charge in [-0.2, -0.15) is 4.99 Å². The predicted octanol–water partition coefficient (Wildman–Crippen LogP) is 4.22. The van der Waals surface area contributed by atoms with E-state index >= 15 is 0 Å². The Labute approximate surface area is 251 Å². The summed E-state index contributed by atoms with van der Waals surface area (Å²) in [6, 6.07) is 30.3. The Balaban J connectivity index is 1.52. The molecule has 0 aliphatic carbocycles. The molecule has 2 saturated heterocycles. The van der Waals surface area contributed by atoms with Gasteiger partial charge in [0.1, 0.15) is 12.6 Å².